The summed E-state index contributed by atoms with van der Waals surface area (Å²) in [5.41, 5.74) is 35.3. The van der Waals surface area contributed by atoms with E-state index in [1.54, 1.807) is 0 Å². The smallest absolute Gasteiger partial charge is 0.0726 e. The molecule has 2 spiro atoms. The van der Waals surface area contributed by atoms with E-state index in [9.17, 15) is 0 Å². The topological polar surface area (TPSA) is 15.3 Å². The average Bonchev–Trinajstić information content (AvgIpc) is 1.51. The van der Waals surface area contributed by atoms with Crippen molar-refractivity contribution in [3.8, 4) is 89.0 Å². The number of nitrogens with zero attached hydrogens (tertiary/aromatic N) is 1. The van der Waals surface area contributed by atoms with Crippen LogP contribution < -0.4 is 10.2 Å². The van der Waals surface area contributed by atoms with Gasteiger partial charge in [0, 0.05) is 38.3 Å². The van der Waals surface area contributed by atoms with Gasteiger partial charge in [-0.1, -0.05) is 441 Å². The monoisotopic (exact) mass is 1850 g/mol. The fourth-order valence-corrected chi connectivity index (χ4v) is 24.8. The molecule has 0 fully saturated rings. The van der Waals surface area contributed by atoms with Gasteiger partial charge in [0.05, 0.1) is 16.5 Å². The van der Waals surface area contributed by atoms with Crippen LogP contribution in [0.3, 0.4) is 0 Å². The maximum Gasteiger partial charge on any atom is 0.0726 e. The lowest BCUT2D eigenvalue weighted by molar-refractivity contribution is 0.794. The third kappa shape index (κ3) is 12.9. The summed E-state index contributed by atoms with van der Waals surface area (Å²) in [6, 6.07) is 193. The van der Waals surface area contributed by atoms with Gasteiger partial charge < -0.3 is 10.2 Å². The molecule has 26 aromatic carbocycles. The third-order valence-electron chi connectivity index (χ3n) is 30.8. The maximum atomic E-state index is 4.03. The molecule has 0 atom stereocenters. The Bertz CT molecular complexity index is 9540. The average molecular weight is 1850 g/mol. The van der Waals surface area contributed by atoms with Crippen molar-refractivity contribution >= 4 is 152 Å². The highest BCUT2D eigenvalue weighted by atomic mass is 79.9. The molecule has 0 aromatic heterocycles. The lowest BCUT2D eigenvalue weighted by atomic mass is 9.70. The standard InChI is InChI=1S/C69H43N.C53H33N.C16H11Br/c1-3-17-47-39-49(31-29-44(47)15-1)46-33-35-51(36-34-46)70(52-37-38-57-55-21-6-5-19-53(55)54-20-7-8-22-56(54)62(57)41-52)68-43-67-63(42-61(68)50-32-30-45-16-2-4-18-48(45)40-50)60-25-11-14-28-66(60)69(67)64-26-12-9-23-58(64)59-24-10-13-27-65(59)69;1-2-14-34-29-35(26-25-33(34)13-1)45-31-47-44-21-9-12-24-50(44)53(48-22-10-7-19-42(48)43-20-8-11-23-49(43)53)51(47)32-52(45)54-36-27-28-41-39-17-4-3-15-37(39)38-16-5-6-18-40(38)46(41)30-36;17-16-9-7-13(8-10-16)15-6-5-12-3-1-2-4-14(12)11-15/h1-43H;1-32,54H;1-11H. The second kappa shape index (κ2) is 32.8. The van der Waals surface area contributed by atoms with Crippen molar-refractivity contribution in [1.29, 1.82) is 0 Å². The van der Waals surface area contributed by atoms with Gasteiger partial charge in [-0.05, 0) is 327 Å². The van der Waals surface area contributed by atoms with E-state index in [1.807, 2.05) is 0 Å². The summed E-state index contributed by atoms with van der Waals surface area (Å²) in [4.78, 5) is 2.54. The molecule has 3 heteroatoms. The molecule has 0 saturated heterocycles. The van der Waals surface area contributed by atoms with Crippen LogP contribution >= 0.6 is 15.9 Å². The first-order chi connectivity index (χ1) is 69.8. The lowest BCUT2D eigenvalue weighted by Gasteiger charge is -2.33. The highest BCUT2D eigenvalue weighted by molar-refractivity contribution is 9.10. The number of halogens is 1. The Kier molecular flexibility index (Phi) is 19.0. The van der Waals surface area contributed by atoms with Gasteiger partial charge in [-0.2, -0.15) is 0 Å². The molecule has 0 bridgehead atoms. The van der Waals surface area contributed by atoms with E-state index in [4.69, 9.17) is 0 Å². The highest BCUT2D eigenvalue weighted by Crippen LogP contribution is 2.67. The number of anilines is 5. The van der Waals surface area contributed by atoms with Crippen molar-refractivity contribution < 1.29 is 0 Å². The van der Waals surface area contributed by atoms with Crippen LogP contribution in [0.4, 0.5) is 28.4 Å². The zero-order chi connectivity index (χ0) is 93.0. The number of nitrogens with one attached hydrogen (secondary N) is 1. The van der Waals surface area contributed by atoms with Crippen LogP contribution in [0.1, 0.15) is 44.5 Å². The van der Waals surface area contributed by atoms with Crippen LogP contribution in [0.25, 0.3) is 197 Å². The van der Waals surface area contributed by atoms with E-state index in [0.29, 0.717) is 0 Å². The molecule has 4 aliphatic carbocycles. The minimum absolute atomic E-state index is 0.421. The van der Waals surface area contributed by atoms with Gasteiger partial charge >= 0.3 is 0 Å². The Labute approximate surface area is 826 Å². The van der Waals surface area contributed by atoms with E-state index in [-0.39, 0.29) is 0 Å². The molecule has 141 heavy (non-hydrogen) atoms. The number of rotatable bonds is 9. The second-order valence-corrected chi connectivity index (χ2v) is 39.0. The summed E-state index contributed by atoms with van der Waals surface area (Å²) in [6.07, 6.45) is 0. The molecule has 1 N–H and O–H groups in total. The number of hydrogen-bond donors (Lipinski definition) is 1. The summed E-state index contributed by atoms with van der Waals surface area (Å²) >= 11 is 3.46. The predicted molar refractivity (Wildman–Crippen MR) is 601 cm³/mol. The summed E-state index contributed by atoms with van der Waals surface area (Å²) in [7, 11) is 0. The molecule has 4 aliphatic rings. The van der Waals surface area contributed by atoms with E-state index in [2.05, 4.69) is 548 Å². The van der Waals surface area contributed by atoms with Gasteiger partial charge in [0.15, 0.2) is 0 Å². The largest absolute Gasteiger partial charge is 0.355 e. The Hall–Kier alpha value is -17.6. The Morgan fingerprint density at radius 2 is 0.440 bits per heavy atom. The molecular weight excluding hydrogens is 1770 g/mol. The van der Waals surface area contributed by atoms with E-state index in [1.165, 1.54) is 241 Å². The number of hydrogen-bond acceptors (Lipinski definition) is 2. The van der Waals surface area contributed by atoms with E-state index >= 15 is 0 Å². The normalized spacial score (nSPS) is 12.8. The number of fused-ring (bicyclic) bond motifs is 36. The lowest BCUT2D eigenvalue weighted by Crippen LogP contribution is -2.26. The van der Waals surface area contributed by atoms with Crippen LogP contribution in [0.5, 0.6) is 0 Å². The minimum atomic E-state index is -0.514. The van der Waals surface area contributed by atoms with Gasteiger partial charge in [0.1, 0.15) is 0 Å². The first-order valence-electron chi connectivity index (χ1n) is 48.8. The van der Waals surface area contributed by atoms with Gasteiger partial charge in [0.25, 0.3) is 0 Å². The molecule has 26 aromatic rings. The Morgan fingerprint density at radius 3 is 0.837 bits per heavy atom. The molecule has 2 nitrogen and oxygen atoms in total. The summed E-state index contributed by atoms with van der Waals surface area (Å²) in [5.74, 6) is 0. The second-order valence-electron chi connectivity index (χ2n) is 38.1. The van der Waals surface area contributed by atoms with Crippen molar-refractivity contribution in [2.75, 3.05) is 10.2 Å². The molecule has 0 amide bonds. The van der Waals surface area contributed by atoms with E-state index in [0.717, 1.165) is 32.9 Å². The van der Waals surface area contributed by atoms with Crippen LogP contribution in [0.15, 0.2) is 526 Å². The molecule has 0 radical (unpaired) electrons. The van der Waals surface area contributed by atoms with Crippen molar-refractivity contribution in [1.82, 2.24) is 0 Å². The fourth-order valence-electron chi connectivity index (χ4n) is 24.5. The van der Waals surface area contributed by atoms with E-state index < -0.39 is 10.8 Å². The first kappa shape index (κ1) is 81.7. The SMILES string of the molecule is Brc1ccc(-c2ccc3ccccc3c2)cc1.c1ccc2c(c1)-c1ccccc1C21c2ccccc2-c2cc(-c3ccc4ccccc4c3)c(N(c3ccc(-c4ccc5ccccc5c4)cc3)c3ccc4c5ccccc5c5ccccc5c4c3)cc21.c1ccc2c(c1)-c1ccccc1C21c2ccccc2-c2cc(-c3ccc4ccccc4c3)c(Nc3ccc4c5ccccc5c5ccccc5c4c3)cc21. The zero-order valence-corrected chi connectivity index (χ0v) is 78.6. The fraction of sp³-hybridized carbons (Fsp3) is 0.0145. The van der Waals surface area contributed by atoms with Crippen LogP contribution in [0.2, 0.25) is 0 Å². The first-order valence-corrected chi connectivity index (χ1v) is 49.6. The van der Waals surface area contributed by atoms with Gasteiger partial charge in [-0.15, -0.1) is 0 Å². The van der Waals surface area contributed by atoms with Crippen molar-refractivity contribution in [2.45, 2.75) is 10.8 Å². The Balaban J connectivity index is 0.000000121. The quantitative estimate of drug-likeness (QED) is 0.145. The molecule has 656 valence electrons. The van der Waals surface area contributed by atoms with Crippen LogP contribution in [0, 0.1) is 0 Å². The van der Waals surface area contributed by atoms with Gasteiger partial charge in [-0.25, -0.2) is 0 Å². The van der Waals surface area contributed by atoms with Crippen LogP contribution in [-0.4, -0.2) is 0 Å². The third-order valence-corrected chi connectivity index (χ3v) is 31.3. The maximum absolute atomic E-state index is 4.03. The minimum Gasteiger partial charge on any atom is -0.355 e. The molecule has 0 unspecified atom stereocenters. The van der Waals surface area contributed by atoms with Crippen molar-refractivity contribution in [3.05, 3.63) is 571 Å². The Morgan fingerprint density at radius 1 is 0.163 bits per heavy atom. The zero-order valence-electron chi connectivity index (χ0n) is 77.0. The summed E-state index contributed by atoms with van der Waals surface area (Å²) < 4.78 is 1.11. The molecular formula is C138H87BrN2. The molecule has 0 saturated carbocycles. The summed E-state index contributed by atoms with van der Waals surface area (Å²) in [5, 5.41) is 29.2. The van der Waals surface area contributed by atoms with Crippen LogP contribution in [-0.2, 0) is 10.8 Å². The highest BCUT2D eigenvalue weighted by Gasteiger charge is 2.54. The van der Waals surface area contributed by atoms with Gasteiger partial charge in [0.2, 0.25) is 0 Å². The summed E-state index contributed by atoms with van der Waals surface area (Å²) in [6.45, 7) is 0. The number of benzene rings is 26. The van der Waals surface area contributed by atoms with Crippen molar-refractivity contribution in [2.24, 2.45) is 0 Å². The predicted octanol–water partition coefficient (Wildman–Crippen LogP) is 37.9. The van der Waals surface area contributed by atoms with Crippen molar-refractivity contribution in [3.63, 3.8) is 0 Å². The molecule has 0 aliphatic heterocycles. The molecule has 30 rings (SSSR count). The van der Waals surface area contributed by atoms with Gasteiger partial charge in [-0.3, -0.25) is 0 Å². The molecule has 0 heterocycles.